The first-order valence-electron chi connectivity index (χ1n) is 4.23. The molecule has 13 heavy (non-hydrogen) atoms. The van der Waals surface area contributed by atoms with Crippen molar-refractivity contribution >= 4 is 5.65 Å². The van der Waals surface area contributed by atoms with Crippen molar-refractivity contribution in [1.29, 1.82) is 0 Å². The minimum Gasteiger partial charge on any atom is -0.323 e. The fourth-order valence-electron chi connectivity index (χ4n) is 1.22. The summed E-state index contributed by atoms with van der Waals surface area (Å²) in [5.41, 5.74) is 8.48. The molecule has 4 nitrogen and oxygen atoms in total. The number of imidazole rings is 1. The molecule has 2 aromatic heterocycles. The summed E-state index contributed by atoms with van der Waals surface area (Å²) < 4.78 is 1.88. The highest BCUT2D eigenvalue weighted by atomic mass is 15.0. The molecule has 1 unspecified atom stereocenters. The lowest BCUT2D eigenvalue weighted by Gasteiger charge is -1.95. The van der Waals surface area contributed by atoms with Crippen LogP contribution in [0.15, 0.2) is 18.6 Å². The average Bonchev–Trinajstić information content (AvgIpc) is 2.46. The van der Waals surface area contributed by atoms with Crippen LogP contribution in [0, 0.1) is 6.92 Å². The molecule has 0 spiro atoms. The van der Waals surface area contributed by atoms with Crippen molar-refractivity contribution < 1.29 is 0 Å². The van der Waals surface area contributed by atoms with Gasteiger partial charge in [0.05, 0.1) is 5.69 Å². The topological polar surface area (TPSA) is 56.2 Å². The van der Waals surface area contributed by atoms with E-state index in [-0.39, 0.29) is 6.04 Å². The fourth-order valence-corrected chi connectivity index (χ4v) is 1.22. The van der Waals surface area contributed by atoms with Crippen molar-refractivity contribution in [3.05, 3.63) is 30.0 Å². The van der Waals surface area contributed by atoms with Crippen LogP contribution >= 0.6 is 0 Å². The Bertz CT molecular complexity index is 430. The summed E-state index contributed by atoms with van der Waals surface area (Å²) in [6.07, 6.45) is 3.66. The molecule has 0 aliphatic rings. The van der Waals surface area contributed by atoms with Gasteiger partial charge in [0, 0.05) is 24.0 Å². The Morgan fingerprint density at radius 3 is 3.00 bits per heavy atom. The van der Waals surface area contributed by atoms with Crippen LogP contribution < -0.4 is 5.73 Å². The normalized spacial score (nSPS) is 13.5. The van der Waals surface area contributed by atoms with Crippen LogP contribution in [0.25, 0.3) is 5.65 Å². The van der Waals surface area contributed by atoms with E-state index in [1.165, 1.54) is 0 Å². The summed E-state index contributed by atoms with van der Waals surface area (Å²) in [7, 11) is 0. The molecule has 1 atom stereocenters. The smallest absolute Gasteiger partial charge is 0.140 e. The van der Waals surface area contributed by atoms with Gasteiger partial charge in [0.15, 0.2) is 0 Å². The second kappa shape index (κ2) is 2.81. The van der Waals surface area contributed by atoms with Crippen molar-refractivity contribution in [2.24, 2.45) is 5.73 Å². The summed E-state index contributed by atoms with van der Waals surface area (Å²) in [4.78, 5) is 8.53. The summed E-state index contributed by atoms with van der Waals surface area (Å²) in [5, 5.41) is 0. The predicted molar refractivity (Wildman–Crippen MR) is 50.3 cm³/mol. The third kappa shape index (κ3) is 1.40. The summed E-state index contributed by atoms with van der Waals surface area (Å²) in [6.45, 7) is 3.86. The van der Waals surface area contributed by atoms with Crippen molar-refractivity contribution in [3.8, 4) is 0 Å². The maximum atomic E-state index is 5.72. The largest absolute Gasteiger partial charge is 0.323 e. The van der Waals surface area contributed by atoms with Gasteiger partial charge < -0.3 is 5.73 Å². The predicted octanol–water partition coefficient (Wildman–Crippen LogP) is 1.06. The molecule has 0 fully saturated rings. The Labute approximate surface area is 76.4 Å². The molecule has 2 rings (SSSR count). The minimum absolute atomic E-state index is 0.0276. The van der Waals surface area contributed by atoms with E-state index in [1.807, 2.05) is 30.5 Å². The number of aromatic nitrogens is 3. The van der Waals surface area contributed by atoms with Gasteiger partial charge in [0.1, 0.15) is 12.0 Å². The van der Waals surface area contributed by atoms with Gasteiger partial charge in [0.2, 0.25) is 0 Å². The molecule has 2 aromatic rings. The van der Waals surface area contributed by atoms with E-state index in [0.29, 0.717) is 0 Å². The highest BCUT2D eigenvalue weighted by molar-refractivity contribution is 5.40. The molecule has 0 radical (unpaired) electrons. The number of nitrogens with two attached hydrogens (primary N) is 1. The molecule has 0 amide bonds. The van der Waals surface area contributed by atoms with Crippen LogP contribution in [0.4, 0.5) is 0 Å². The van der Waals surface area contributed by atoms with E-state index in [1.54, 1.807) is 6.33 Å². The molecular formula is C9H12N4. The number of nitrogens with zero attached hydrogens (tertiary/aromatic N) is 3. The van der Waals surface area contributed by atoms with E-state index in [9.17, 15) is 0 Å². The van der Waals surface area contributed by atoms with E-state index < -0.39 is 0 Å². The Morgan fingerprint density at radius 1 is 1.54 bits per heavy atom. The molecule has 2 heterocycles. The monoisotopic (exact) mass is 176 g/mol. The van der Waals surface area contributed by atoms with Gasteiger partial charge in [-0.3, -0.25) is 4.40 Å². The maximum Gasteiger partial charge on any atom is 0.140 e. The molecule has 68 valence electrons. The van der Waals surface area contributed by atoms with Crippen LogP contribution in [-0.4, -0.2) is 14.4 Å². The first-order chi connectivity index (χ1) is 6.16. The van der Waals surface area contributed by atoms with Gasteiger partial charge in [-0.05, 0) is 13.8 Å². The van der Waals surface area contributed by atoms with Gasteiger partial charge in [-0.1, -0.05) is 0 Å². The summed E-state index contributed by atoms with van der Waals surface area (Å²) in [6, 6.07) is 1.91. The zero-order valence-electron chi connectivity index (χ0n) is 7.73. The fraction of sp³-hybridized carbons (Fsp3) is 0.333. The SMILES string of the molecule is Cc1cc2nc(C(C)N)cn2cn1. The minimum atomic E-state index is -0.0276. The summed E-state index contributed by atoms with van der Waals surface area (Å²) in [5.74, 6) is 0. The molecule has 4 heteroatoms. The van der Waals surface area contributed by atoms with Gasteiger partial charge in [0.25, 0.3) is 0 Å². The van der Waals surface area contributed by atoms with E-state index in [0.717, 1.165) is 17.0 Å². The van der Waals surface area contributed by atoms with Crippen LogP contribution in [0.5, 0.6) is 0 Å². The Kier molecular flexibility index (Phi) is 1.77. The zero-order valence-corrected chi connectivity index (χ0v) is 7.73. The lowest BCUT2D eigenvalue weighted by Crippen LogP contribution is -2.04. The van der Waals surface area contributed by atoms with Gasteiger partial charge in [-0.25, -0.2) is 9.97 Å². The summed E-state index contributed by atoms with van der Waals surface area (Å²) >= 11 is 0. The quantitative estimate of drug-likeness (QED) is 0.706. The second-order valence-electron chi connectivity index (χ2n) is 3.25. The van der Waals surface area contributed by atoms with Crippen LogP contribution in [0.1, 0.15) is 24.4 Å². The third-order valence-corrected chi connectivity index (χ3v) is 1.97. The van der Waals surface area contributed by atoms with E-state index in [4.69, 9.17) is 5.73 Å². The van der Waals surface area contributed by atoms with Gasteiger partial charge in [-0.15, -0.1) is 0 Å². The third-order valence-electron chi connectivity index (χ3n) is 1.97. The number of hydrogen-bond acceptors (Lipinski definition) is 3. The van der Waals surface area contributed by atoms with E-state index >= 15 is 0 Å². The molecule has 0 aliphatic heterocycles. The Balaban J connectivity index is 2.62. The first kappa shape index (κ1) is 8.19. The molecule has 2 N–H and O–H groups in total. The molecule has 0 bridgehead atoms. The lowest BCUT2D eigenvalue weighted by molar-refractivity contribution is 0.790. The average molecular weight is 176 g/mol. The number of rotatable bonds is 1. The number of hydrogen-bond donors (Lipinski definition) is 1. The van der Waals surface area contributed by atoms with Crippen molar-refractivity contribution in [2.45, 2.75) is 19.9 Å². The number of aryl methyl sites for hydroxylation is 1. The Morgan fingerprint density at radius 2 is 2.31 bits per heavy atom. The van der Waals surface area contributed by atoms with Crippen LogP contribution in [0.2, 0.25) is 0 Å². The Hall–Kier alpha value is -1.42. The lowest BCUT2D eigenvalue weighted by atomic mass is 10.3. The second-order valence-corrected chi connectivity index (χ2v) is 3.25. The van der Waals surface area contributed by atoms with Crippen LogP contribution in [0.3, 0.4) is 0 Å². The van der Waals surface area contributed by atoms with Crippen LogP contribution in [-0.2, 0) is 0 Å². The number of fused-ring (bicyclic) bond motifs is 1. The van der Waals surface area contributed by atoms with Gasteiger partial charge in [-0.2, -0.15) is 0 Å². The molecule has 0 aliphatic carbocycles. The first-order valence-corrected chi connectivity index (χ1v) is 4.23. The van der Waals surface area contributed by atoms with Crippen molar-refractivity contribution in [2.75, 3.05) is 0 Å². The maximum absolute atomic E-state index is 5.72. The standard InChI is InChI=1S/C9H12N4/c1-6-3-9-12-8(7(2)10)4-13(9)5-11-6/h3-5,7H,10H2,1-2H3. The van der Waals surface area contributed by atoms with Crippen molar-refractivity contribution in [1.82, 2.24) is 14.4 Å². The molecule has 0 saturated carbocycles. The van der Waals surface area contributed by atoms with E-state index in [2.05, 4.69) is 9.97 Å². The molecule has 0 saturated heterocycles. The molecular weight excluding hydrogens is 164 g/mol. The highest BCUT2D eigenvalue weighted by Gasteiger charge is 2.05. The zero-order chi connectivity index (χ0) is 9.42. The van der Waals surface area contributed by atoms with Crippen molar-refractivity contribution in [3.63, 3.8) is 0 Å². The van der Waals surface area contributed by atoms with Gasteiger partial charge >= 0.3 is 0 Å². The highest BCUT2D eigenvalue weighted by Crippen LogP contribution is 2.10. The molecule has 0 aromatic carbocycles.